The van der Waals surface area contributed by atoms with E-state index in [-0.39, 0.29) is 0 Å². The predicted octanol–water partition coefficient (Wildman–Crippen LogP) is 4.12. The van der Waals surface area contributed by atoms with E-state index in [0.29, 0.717) is 5.25 Å². The topological polar surface area (TPSA) is 26.0 Å². The molecule has 2 aromatic carbocycles. The Morgan fingerprint density at radius 1 is 1.00 bits per heavy atom. The zero-order valence-corrected chi connectivity index (χ0v) is 10.1. The van der Waals surface area contributed by atoms with Gasteiger partial charge in [0.05, 0.1) is 0 Å². The Morgan fingerprint density at radius 2 is 1.75 bits per heavy atom. The Balaban J connectivity index is 2.12. The fourth-order valence-corrected chi connectivity index (χ4v) is 2.59. The highest BCUT2D eigenvalue weighted by molar-refractivity contribution is 7.99. The number of thioether (sulfide) groups is 1. The quantitative estimate of drug-likeness (QED) is 0.633. The van der Waals surface area contributed by atoms with Crippen molar-refractivity contribution in [3.8, 4) is 0 Å². The highest BCUT2D eigenvalue weighted by atomic mass is 32.2. The average Bonchev–Trinajstić information content (AvgIpc) is 2.30. The number of nitrogens with two attached hydrogens (primary N) is 1. The van der Waals surface area contributed by atoms with E-state index >= 15 is 0 Å². The lowest BCUT2D eigenvalue weighted by atomic mass is 10.1. The van der Waals surface area contributed by atoms with Crippen molar-refractivity contribution >= 4 is 17.4 Å². The van der Waals surface area contributed by atoms with Crippen molar-refractivity contribution in [1.29, 1.82) is 0 Å². The summed E-state index contributed by atoms with van der Waals surface area (Å²) in [5, 5.41) is 0.422. The number of anilines is 1. The van der Waals surface area contributed by atoms with Crippen molar-refractivity contribution in [3.63, 3.8) is 0 Å². The molecule has 2 rings (SSSR count). The molecule has 0 fully saturated rings. The summed E-state index contributed by atoms with van der Waals surface area (Å²) < 4.78 is 0. The number of hydrogen-bond donors (Lipinski definition) is 1. The summed E-state index contributed by atoms with van der Waals surface area (Å²) in [6.45, 7) is 2.20. The lowest BCUT2D eigenvalue weighted by Crippen LogP contribution is -1.91. The molecule has 0 spiro atoms. The Bertz CT molecular complexity index is 453. The molecule has 0 heterocycles. The van der Waals surface area contributed by atoms with Crippen LogP contribution >= 0.6 is 11.8 Å². The van der Waals surface area contributed by atoms with Crippen LogP contribution in [0.15, 0.2) is 59.5 Å². The summed E-state index contributed by atoms with van der Waals surface area (Å²) in [7, 11) is 0. The summed E-state index contributed by atoms with van der Waals surface area (Å²) in [6.07, 6.45) is 0. The van der Waals surface area contributed by atoms with Crippen molar-refractivity contribution in [2.75, 3.05) is 5.73 Å². The zero-order chi connectivity index (χ0) is 11.4. The first-order valence-electron chi connectivity index (χ1n) is 5.33. The van der Waals surface area contributed by atoms with E-state index in [9.17, 15) is 0 Å². The Morgan fingerprint density at radius 3 is 2.44 bits per heavy atom. The molecule has 82 valence electrons. The molecule has 2 N–H and O–H groups in total. The molecular formula is C14H15NS. The monoisotopic (exact) mass is 229 g/mol. The van der Waals surface area contributed by atoms with Gasteiger partial charge in [-0.1, -0.05) is 30.3 Å². The maximum Gasteiger partial charge on any atom is 0.0317 e. The molecule has 1 atom stereocenters. The van der Waals surface area contributed by atoms with Gasteiger partial charge in [-0.05, 0) is 36.8 Å². The van der Waals surface area contributed by atoms with Crippen LogP contribution in [-0.2, 0) is 0 Å². The fraction of sp³-hybridized carbons (Fsp3) is 0.143. The van der Waals surface area contributed by atoms with Gasteiger partial charge in [-0.15, -0.1) is 11.8 Å². The Hall–Kier alpha value is -1.41. The third-order valence-corrected chi connectivity index (χ3v) is 3.61. The summed E-state index contributed by atoms with van der Waals surface area (Å²) >= 11 is 1.85. The maximum atomic E-state index is 5.78. The van der Waals surface area contributed by atoms with Gasteiger partial charge >= 0.3 is 0 Å². The van der Waals surface area contributed by atoms with E-state index in [1.165, 1.54) is 10.5 Å². The van der Waals surface area contributed by atoms with Crippen LogP contribution in [0.3, 0.4) is 0 Å². The van der Waals surface area contributed by atoms with Gasteiger partial charge in [-0.2, -0.15) is 0 Å². The number of benzene rings is 2. The third kappa shape index (κ3) is 2.80. The molecule has 2 heteroatoms. The first-order chi connectivity index (χ1) is 7.75. The van der Waals surface area contributed by atoms with Crippen molar-refractivity contribution < 1.29 is 0 Å². The summed E-state index contributed by atoms with van der Waals surface area (Å²) in [4.78, 5) is 1.29. The van der Waals surface area contributed by atoms with Crippen molar-refractivity contribution in [2.24, 2.45) is 0 Å². The minimum Gasteiger partial charge on any atom is -0.399 e. The van der Waals surface area contributed by atoms with Gasteiger partial charge in [0.25, 0.3) is 0 Å². The van der Waals surface area contributed by atoms with E-state index in [1.54, 1.807) is 0 Å². The lowest BCUT2D eigenvalue weighted by Gasteiger charge is -2.12. The van der Waals surface area contributed by atoms with Gasteiger partial charge in [0.1, 0.15) is 0 Å². The molecule has 2 aromatic rings. The minimum absolute atomic E-state index is 0.422. The molecule has 16 heavy (non-hydrogen) atoms. The molecule has 0 amide bonds. The van der Waals surface area contributed by atoms with E-state index in [4.69, 9.17) is 5.73 Å². The Kier molecular flexibility index (Phi) is 3.52. The highest BCUT2D eigenvalue weighted by Crippen LogP contribution is 2.34. The van der Waals surface area contributed by atoms with Crippen LogP contribution in [0.5, 0.6) is 0 Å². The normalized spacial score (nSPS) is 12.3. The van der Waals surface area contributed by atoms with Crippen LogP contribution < -0.4 is 5.73 Å². The minimum atomic E-state index is 0.422. The molecule has 0 aliphatic heterocycles. The SMILES string of the molecule is CC(Sc1ccccc1)c1cccc(N)c1. The molecule has 1 nitrogen and oxygen atoms in total. The fourth-order valence-electron chi connectivity index (χ4n) is 1.58. The van der Waals surface area contributed by atoms with Gasteiger partial charge in [-0.25, -0.2) is 0 Å². The summed E-state index contributed by atoms with van der Waals surface area (Å²) in [5.74, 6) is 0. The molecule has 0 saturated heterocycles. The van der Waals surface area contributed by atoms with Crippen LogP contribution in [0.2, 0.25) is 0 Å². The van der Waals surface area contributed by atoms with E-state index in [1.807, 2.05) is 36.0 Å². The smallest absolute Gasteiger partial charge is 0.0317 e. The largest absolute Gasteiger partial charge is 0.399 e. The lowest BCUT2D eigenvalue weighted by molar-refractivity contribution is 1.10. The highest BCUT2D eigenvalue weighted by Gasteiger charge is 2.06. The van der Waals surface area contributed by atoms with E-state index < -0.39 is 0 Å². The van der Waals surface area contributed by atoms with Crippen molar-refractivity contribution in [1.82, 2.24) is 0 Å². The number of hydrogen-bond acceptors (Lipinski definition) is 2. The van der Waals surface area contributed by atoms with Gasteiger partial charge in [0, 0.05) is 15.8 Å². The van der Waals surface area contributed by atoms with Gasteiger partial charge in [-0.3, -0.25) is 0 Å². The first-order valence-corrected chi connectivity index (χ1v) is 6.21. The van der Waals surface area contributed by atoms with Crippen molar-refractivity contribution in [3.05, 3.63) is 60.2 Å². The molecule has 0 saturated carbocycles. The van der Waals surface area contributed by atoms with Gasteiger partial charge in [0.2, 0.25) is 0 Å². The summed E-state index contributed by atoms with van der Waals surface area (Å²) in [5.41, 5.74) is 7.88. The second-order valence-electron chi connectivity index (χ2n) is 3.74. The first kappa shape index (κ1) is 11.1. The van der Waals surface area contributed by atoms with Gasteiger partial charge < -0.3 is 5.73 Å². The van der Waals surface area contributed by atoms with Crippen LogP contribution in [0.4, 0.5) is 5.69 Å². The molecule has 1 unspecified atom stereocenters. The molecule has 0 aromatic heterocycles. The van der Waals surface area contributed by atoms with Crippen LogP contribution in [0.1, 0.15) is 17.7 Å². The second kappa shape index (κ2) is 5.08. The number of rotatable bonds is 3. The van der Waals surface area contributed by atoms with Gasteiger partial charge in [0.15, 0.2) is 0 Å². The van der Waals surface area contributed by atoms with E-state index in [2.05, 4.69) is 37.3 Å². The standard InChI is InChI=1S/C14H15NS/c1-11(12-6-5-7-13(15)10-12)16-14-8-3-2-4-9-14/h2-11H,15H2,1H3. The average molecular weight is 229 g/mol. The van der Waals surface area contributed by atoms with E-state index in [0.717, 1.165) is 5.69 Å². The zero-order valence-electron chi connectivity index (χ0n) is 9.26. The maximum absolute atomic E-state index is 5.78. The molecule has 0 aliphatic carbocycles. The third-order valence-electron chi connectivity index (χ3n) is 2.44. The summed E-state index contributed by atoms with van der Waals surface area (Å²) in [6, 6.07) is 18.5. The van der Waals surface area contributed by atoms with Crippen LogP contribution in [0, 0.1) is 0 Å². The molecule has 0 radical (unpaired) electrons. The van der Waals surface area contributed by atoms with Crippen LogP contribution in [-0.4, -0.2) is 0 Å². The van der Waals surface area contributed by atoms with Crippen molar-refractivity contribution in [2.45, 2.75) is 17.1 Å². The second-order valence-corrected chi connectivity index (χ2v) is 5.16. The predicted molar refractivity (Wildman–Crippen MR) is 71.6 cm³/mol. The van der Waals surface area contributed by atoms with Crippen LogP contribution in [0.25, 0.3) is 0 Å². The molecular weight excluding hydrogens is 214 g/mol. The Labute approximate surface area is 101 Å². The molecule has 0 bridgehead atoms. The number of nitrogen functional groups attached to an aromatic ring is 1. The molecule has 0 aliphatic rings.